The molecule has 0 saturated heterocycles. The number of primary amides is 1. The molecule has 1 rings (SSSR count). The second-order valence-corrected chi connectivity index (χ2v) is 4.78. The summed E-state index contributed by atoms with van der Waals surface area (Å²) in [4.78, 5) is 11.1. The third-order valence-electron chi connectivity index (χ3n) is 3.34. The summed E-state index contributed by atoms with van der Waals surface area (Å²) in [6.45, 7) is 7.28. The van der Waals surface area contributed by atoms with E-state index >= 15 is 0 Å². The topological polar surface area (TPSA) is 55.1 Å². The van der Waals surface area contributed by atoms with Crippen molar-refractivity contribution in [2.45, 2.75) is 52.6 Å². The van der Waals surface area contributed by atoms with E-state index in [-0.39, 0.29) is 5.91 Å². The fourth-order valence-electron chi connectivity index (χ4n) is 2.10. The van der Waals surface area contributed by atoms with E-state index in [0.717, 1.165) is 18.5 Å². The maximum Gasteiger partial charge on any atom is 0.248 e. The Morgan fingerprint density at radius 2 is 2.11 bits per heavy atom. The summed E-state index contributed by atoms with van der Waals surface area (Å²) in [7, 11) is 0. The summed E-state index contributed by atoms with van der Waals surface area (Å²) in [5, 5.41) is 3.56. The molecule has 1 unspecified atom stereocenters. The van der Waals surface area contributed by atoms with Crippen molar-refractivity contribution in [2.75, 3.05) is 0 Å². The zero-order valence-electron chi connectivity index (χ0n) is 11.6. The Morgan fingerprint density at radius 3 is 2.61 bits per heavy atom. The molecule has 0 radical (unpaired) electrons. The van der Waals surface area contributed by atoms with Crippen molar-refractivity contribution >= 4 is 5.91 Å². The van der Waals surface area contributed by atoms with Crippen molar-refractivity contribution in [3.05, 3.63) is 34.9 Å². The molecule has 100 valence electrons. The summed E-state index contributed by atoms with van der Waals surface area (Å²) in [5.74, 6) is -0.366. The fraction of sp³-hybridized carbons (Fsp3) is 0.533. The van der Waals surface area contributed by atoms with Crippen LogP contribution in [-0.4, -0.2) is 11.9 Å². The molecule has 3 nitrogen and oxygen atoms in total. The number of nitrogens with one attached hydrogen (secondary N) is 1. The van der Waals surface area contributed by atoms with Gasteiger partial charge < -0.3 is 11.1 Å². The average Bonchev–Trinajstić information content (AvgIpc) is 2.35. The SMILES string of the molecule is CCCC(CC)NCc1ccc(C(N)=O)cc1C. The van der Waals surface area contributed by atoms with Crippen molar-refractivity contribution in [3.63, 3.8) is 0 Å². The van der Waals surface area contributed by atoms with Crippen LogP contribution in [0, 0.1) is 6.92 Å². The van der Waals surface area contributed by atoms with Crippen LogP contribution in [0.2, 0.25) is 0 Å². The third-order valence-corrected chi connectivity index (χ3v) is 3.34. The second-order valence-electron chi connectivity index (χ2n) is 4.78. The Bertz CT molecular complexity index is 401. The molecular formula is C15H24N2O. The molecule has 3 N–H and O–H groups in total. The van der Waals surface area contributed by atoms with Gasteiger partial charge in [0.25, 0.3) is 0 Å². The first-order valence-corrected chi connectivity index (χ1v) is 6.71. The van der Waals surface area contributed by atoms with Crippen molar-refractivity contribution in [1.82, 2.24) is 5.32 Å². The Balaban J connectivity index is 2.65. The highest BCUT2D eigenvalue weighted by Crippen LogP contribution is 2.12. The first-order valence-electron chi connectivity index (χ1n) is 6.71. The van der Waals surface area contributed by atoms with Gasteiger partial charge in [0.2, 0.25) is 5.91 Å². The van der Waals surface area contributed by atoms with Crippen LogP contribution in [0.3, 0.4) is 0 Å². The predicted octanol–water partition coefficient (Wildman–Crippen LogP) is 2.76. The van der Waals surface area contributed by atoms with Gasteiger partial charge in [0.05, 0.1) is 0 Å². The van der Waals surface area contributed by atoms with Crippen LogP contribution >= 0.6 is 0 Å². The van der Waals surface area contributed by atoms with Gasteiger partial charge in [-0.15, -0.1) is 0 Å². The van der Waals surface area contributed by atoms with Crippen molar-refractivity contribution in [3.8, 4) is 0 Å². The van der Waals surface area contributed by atoms with Crippen LogP contribution in [0.15, 0.2) is 18.2 Å². The third kappa shape index (κ3) is 4.15. The van der Waals surface area contributed by atoms with E-state index in [9.17, 15) is 4.79 Å². The number of aryl methyl sites for hydroxylation is 1. The molecule has 0 spiro atoms. The van der Waals surface area contributed by atoms with Crippen LogP contribution in [0.5, 0.6) is 0 Å². The smallest absolute Gasteiger partial charge is 0.248 e. The Hall–Kier alpha value is -1.35. The van der Waals surface area contributed by atoms with Crippen molar-refractivity contribution in [2.24, 2.45) is 5.73 Å². The van der Waals surface area contributed by atoms with Crippen molar-refractivity contribution in [1.29, 1.82) is 0 Å². The van der Waals surface area contributed by atoms with Gasteiger partial charge in [-0.1, -0.05) is 26.3 Å². The molecule has 1 amide bonds. The highest BCUT2D eigenvalue weighted by molar-refractivity contribution is 5.93. The van der Waals surface area contributed by atoms with Gasteiger partial charge in [-0.25, -0.2) is 0 Å². The number of carbonyl (C=O) groups excluding carboxylic acids is 1. The van der Waals surface area contributed by atoms with Crippen LogP contribution in [0.4, 0.5) is 0 Å². The Kier molecular flexibility index (Phi) is 5.86. The van der Waals surface area contributed by atoms with E-state index in [1.54, 1.807) is 6.07 Å². The van der Waals surface area contributed by atoms with E-state index < -0.39 is 0 Å². The standard InChI is InChI=1S/C15H24N2O/c1-4-6-14(5-2)17-10-13-8-7-12(15(16)18)9-11(13)3/h7-9,14,17H,4-6,10H2,1-3H3,(H2,16,18). The largest absolute Gasteiger partial charge is 0.366 e. The minimum atomic E-state index is -0.366. The van der Waals surface area contributed by atoms with E-state index in [2.05, 4.69) is 19.2 Å². The highest BCUT2D eigenvalue weighted by atomic mass is 16.1. The monoisotopic (exact) mass is 248 g/mol. The number of carbonyl (C=O) groups is 1. The molecule has 0 heterocycles. The molecular weight excluding hydrogens is 224 g/mol. The lowest BCUT2D eigenvalue weighted by atomic mass is 10.0. The van der Waals surface area contributed by atoms with Crippen LogP contribution in [0.1, 0.15) is 54.6 Å². The van der Waals surface area contributed by atoms with Gasteiger partial charge in [0.1, 0.15) is 0 Å². The lowest BCUT2D eigenvalue weighted by molar-refractivity contribution is 0.1000. The van der Waals surface area contributed by atoms with Crippen LogP contribution < -0.4 is 11.1 Å². The quantitative estimate of drug-likeness (QED) is 0.779. The number of benzene rings is 1. The molecule has 0 fully saturated rings. The number of hydrogen-bond acceptors (Lipinski definition) is 2. The van der Waals surface area contributed by atoms with Gasteiger partial charge in [-0.05, 0) is 43.0 Å². The summed E-state index contributed by atoms with van der Waals surface area (Å²) in [6.07, 6.45) is 3.55. The molecule has 0 aromatic heterocycles. The van der Waals surface area contributed by atoms with Gasteiger partial charge in [0, 0.05) is 18.2 Å². The first kappa shape index (κ1) is 14.7. The summed E-state index contributed by atoms with van der Waals surface area (Å²) in [6, 6.07) is 6.22. The molecule has 0 aliphatic heterocycles. The molecule has 18 heavy (non-hydrogen) atoms. The summed E-state index contributed by atoms with van der Waals surface area (Å²) in [5.41, 5.74) is 8.19. The van der Waals surface area contributed by atoms with E-state index in [0.29, 0.717) is 11.6 Å². The average molecular weight is 248 g/mol. The summed E-state index contributed by atoms with van der Waals surface area (Å²) < 4.78 is 0. The summed E-state index contributed by atoms with van der Waals surface area (Å²) >= 11 is 0. The molecule has 1 atom stereocenters. The van der Waals surface area contributed by atoms with Crippen molar-refractivity contribution < 1.29 is 4.79 Å². The van der Waals surface area contributed by atoms with E-state index in [1.807, 2.05) is 19.1 Å². The Morgan fingerprint density at radius 1 is 1.39 bits per heavy atom. The second kappa shape index (κ2) is 7.17. The molecule has 0 bridgehead atoms. The van der Waals surface area contributed by atoms with E-state index in [4.69, 9.17) is 5.73 Å². The maximum atomic E-state index is 11.1. The van der Waals surface area contributed by atoms with E-state index in [1.165, 1.54) is 18.4 Å². The van der Waals surface area contributed by atoms with Gasteiger partial charge in [-0.3, -0.25) is 4.79 Å². The van der Waals surface area contributed by atoms with Crippen LogP contribution in [-0.2, 0) is 6.54 Å². The zero-order chi connectivity index (χ0) is 13.5. The number of amides is 1. The fourth-order valence-corrected chi connectivity index (χ4v) is 2.10. The molecule has 1 aromatic rings. The van der Waals surface area contributed by atoms with Gasteiger partial charge in [0.15, 0.2) is 0 Å². The lowest BCUT2D eigenvalue weighted by Crippen LogP contribution is -2.28. The lowest BCUT2D eigenvalue weighted by Gasteiger charge is -2.17. The predicted molar refractivity (Wildman–Crippen MR) is 75.5 cm³/mol. The molecule has 0 aliphatic carbocycles. The molecule has 1 aromatic carbocycles. The minimum Gasteiger partial charge on any atom is -0.366 e. The minimum absolute atomic E-state index is 0.366. The van der Waals surface area contributed by atoms with Gasteiger partial charge in [-0.2, -0.15) is 0 Å². The molecule has 0 saturated carbocycles. The number of nitrogens with two attached hydrogens (primary N) is 1. The maximum absolute atomic E-state index is 11.1. The normalized spacial score (nSPS) is 12.4. The zero-order valence-corrected chi connectivity index (χ0v) is 11.6. The first-order chi connectivity index (χ1) is 8.58. The van der Waals surface area contributed by atoms with Crippen LogP contribution in [0.25, 0.3) is 0 Å². The molecule has 0 aliphatic rings. The number of rotatable bonds is 7. The number of hydrogen-bond donors (Lipinski definition) is 2. The molecule has 3 heteroatoms. The Labute approximate surface area is 110 Å². The highest BCUT2D eigenvalue weighted by Gasteiger charge is 2.07. The van der Waals surface area contributed by atoms with Gasteiger partial charge >= 0.3 is 0 Å².